The standard InChI is InChI=1S/C12H16O2/c1-9(2)12(14-13)10(3)11-7-5-4-6-8-11/h4-8,10,12-13H,1H2,2-3H3/t10-,12-/m1/s1/i2D3. The molecule has 14 heavy (non-hydrogen) atoms. The molecule has 1 rings (SSSR count). The molecular weight excluding hydrogens is 176 g/mol. The second kappa shape index (κ2) is 4.94. The zero-order valence-corrected chi connectivity index (χ0v) is 8.10. The van der Waals surface area contributed by atoms with Crippen molar-refractivity contribution in [1.29, 1.82) is 0 Å². The molecule has 0 radical (unpaired) electrons. The van der Waals surface area contributed by atoms with Gasteiger partial charge in [-0.1, -0.05) is 43.8 Å². The van der Waals surface area contributed by atoms with E-state index in [1.54, 1.807) is 6.92 Å². The average molecular weight is 195 g/mol. The van der Waals surface area contributed by atoms with E-state index in [1.807, 2.05) is 30.3 Å². The van der Waals surface area contributed by atoms with Crippen molar-refractivity contribution in [3.63, 3.8) is 0 Å². The highest BCUT2D eigenvalue weighted by Gasteiger charge is 2.20. The van der Waals surface area contributed by atoms with Crippen LogP contribution in [0.4, 0.5) is 0 Å². The van der Waals surface area contributed by atoms with E-state index >= 15 is 0 Å². The second-order valence-electron chi connectivity index (χ2n) is 3.25. The molecule has 1 N–H and O–H groups in total. The fraction of sp³-hybridized carbons (Fsp3) is 0.333. The van der Waals surface area contributed by atoms with Crippen molar-refractivity contribution >= 4 is 0 Å². The second-order valence-corrected chi connectivity index (χ2v) is 3.25. The van der Waals surface area contributed by atoms with Crippen LogP contribution >= 0.6 is 0 Å². The van der Waals surface area contributed by atoms with Crippen LogP contribution in [0.15, 0.2) is 42.5 Å². The van der Waals surface area contributed by atoms with Crippen LogP contribution in [-0.4, -0.2) is 11.4 Å². The first-order chi connectivity index (χ1) is 7.88. The van der Waals surface area contributed by atoms with E-state index in [2.05, 4.69) is 11.5 Å². The lowest BCUT2D eigenvalue weighted by atomic mass is 9.92. The molecule has 2 nitrogen and oxygen atoms in total. The van der Waals surface area contributed by atoms with E-state index in [-0.39, 0.29) is 11.5 Å². The summed E-state index contributed by atoms with van der Waals surface area (Å²) in [6.07, 6.45) is -0.940. The van der Waals surface area contributed by atoms with E-state index < -0.39 is 13.0 Å². The Morgan fingerprint density at radius 2 is 2.14 bits per heavy atom. The minimum absolute atomic E-state index is 0.101. The molecule has 0 aliphatic rings. The van der Waals surface area contributed by atoms with Crippen molar-refractivity contribution in [2.45, 2.75) is 25.8 Å². The van der Waals surface area contributed by atoms with Gasteiger partial charge in [0.05, 0.1) is 0 Å². The van der Waals surface area contributed by atoms with Gasteiger partial charge >= 0.3 is 0 Å². The first kappa shape index (κ1) is 7.21. The zero-order chi connectivity index (χ0) is 13.1. The molecule has 0 bridgehead atoms. The van der Waals surface area contributed by atoms with E-state index in [4.69, 9.17) is 9.37 Å². The van der Waals surface area contributed by atoms with Gasteiger partial charge in [0.2, 0.25) is 0 Å². The van der Waals surface area contributed by atoms with Gasteiger partial charge in [-0.3, -0.25) is 5.26 Å². The van der Waals surface area contributed by atoms with Gasteiger partial charge < -0.3 is 0 Å². The Morgan fingerprint density at radius 1 is 1.50 bits per heavy atom. The fourth-order valence-corrected chi connectivity index (χ4v) is 1.39. The molecule has 0 aliphatic carbocycles. The topological polar surface area (TPSA) is 29.5 Å². The highest BCUT2D eigenvalue weighted by atomic mass is 17.1. The van der Waals surface area contributed by atoms with Gasteiger partial charge in [-0.2, -0.15) is 0 Å². The zero-order valence-electron chi connectivity index (χ0n) is 11.1. The third-order valence-corrected chi connectivity index (χ3v) is 2.24. The summed E-state index contributed by atoms with van der Waals surface area (Å²) in [7, 11) is 0. The van der Waals surface area contributed by atoms with Crippen molar-refractivity contribution in [2.75, 3.05) is 0 Å². The van der Waals surface area contributed by atoms with Gasteiger partial charge in [-0.15, -0.1) is 0 Å². The van der Waals surface area contributed by atoms with Crippen molar-refractivity contribution in [1.82, 2.24) is 0 Å². The number of hydrogen-bond acceptors (Lipinski definition) is 2. The lowest BCUT2D eigenvalue weighted by Crippen LogP contribution is -2.19. The number of hydrogen-bond donors (Lipinski definition) is 1. The predicted octanol–water partition coefficient (Wildman–Crippen LogP) is 3.22. The van der Waals surface area contributed by atoms with Crippen LogP contribution in [0.5, 0.6) is 0 Å². The summed E-state index contributed by atoms with van der Waals surface area (Å²) in [5, 5.41) is 8.88. The normalized spacial score (nSPS) is 18.9. The summed E-state index contributed by atoms with van der Waals surface area (Å²) in [4.78, 5) is 4.30. The Kier molecular flexibility index (Phi) is 2.54. The molecule has 0 aromatic heterocycles. The van der Waals surface area contributed by atoms with Crippen LogP contribution in [-0.2, 0) is 4.89 Å². The minimum Gasteiger partial charge on any atom is -0.251 e. The Bertz CT molecular complexity index is 373. The van der Waals surface area contributed by atoms with E-state index in [0.717, 1.165) is 5.56 Å². The van der Waals surface area contributed by atoms with Crippen LogP contribution in [0, 0.1) is 0 Å². The molecule has 0 unspecified atom stereocenters. The molecule has 0 saturated heterocycles. The molecule has 0 amide bonds. The molecule has 2 heteroatoms. The molecule has 76 valence electrons. The molecule has 1 aromatic rings. The maximum Gasteiger partial charge on any atom is 0.120 e. The smallest absolute Gasteiger partial charge is 0.120 e. The highest BCUT2D eigenvalue weighted by molar-refractivity contribution is 5.23. The van der Waals surface area contributed by atoms with Crippen molar-refractivity contribution in [3.05, 3.63) is 48.0 Å². The quantitative estimate of drug-likeness (QED) is 0.454. The summed E-state index contributed by atoms with van der Waals surface area (Å²) in [6.45, 7) is 2.94. The molecule has 0 spiro atoms. The predicted molar refractivity (Wildman–Crippen MR) is 57.2 cm³/mol. The molecular formula is C12H16O2. The maximum absolute atomic E-state index is 8.88. The first-order valence-corrected chi connectivity index (χ1v) is 4.42. The Hall–Kier alpha value is -1.12. The molecule has 1 aromatic carbocycles. The highest BCUT2D eigenvalue weighted by Crippen LogP contribution is 2.24. The summed E-state index contributed by atoms with van der Waals surface area (Å²) in [6, 6.07) is 9.26. The maximum atomic E-state index is 8.88. The molecule has 0 heterocycles. The van der Waals surface area contributed by atoms with Gasteiger partial charge in [-0.05, 0) is 18.0 Å². The largest absolute Gasteiger partial charge is 0.251 e. The number of rotatable bonds is 4. The third-order valence-electron chi connectivity index (χ3n) is 2.24. The average Bonchev–Trinajstić information content (AvgIpc) is 2.29. The Balaban J connectivity index is 2.93. The van der Waals surface area contributed by atoms with Crippen molar-refractivity contribution < 1.29 is 14.3 Å². The summed E-state index contributed by atoms with van der Waals surface area (Å²) < 4.78 is 21.8. The van der Waals surface area contributed by atoms with Gasteiger partial charge in [0.25, 0.3) is 0 Å². The van der Waals surface area contributed by atoms with Crippen molar-refractivity contribution in [3.8, 4) is 0 Å². The van der Waals surface area contributed by atoms with Gasteiger partial charge in [0.1, 0.15) is 6.10 Å². The van der Waals surface area contributed by atoms with Crippen LogP contribution < -0.4 is 0 Å². The monoisotopic (exact) mass is 195 g/mol. The van der Waals surface area contributed by atoms with Crippen LogP contribution in [0.2, 0.25) is 0 Å². The summed E-state index contributed by atoms with van der Waals surface area (Å²) in [5.74, 6) is -0.283. The van der Waals surface area contributed by atoms with Crippen LogP contribution in [0.3, 0.4) is 0 Å². The Morgan fingerprint density at radius 3 is 2.64 bits per heavy atom. The van der Waals surface area contributed by atoms with Gasteiger partial charge in [0.15, 0.2) is 0 Å². The Labute approximate surface area is 89.0 Å². The van der Waals surface area contributed by atoms with E-state index in [1.165, 1.54) is 0 Å². The van der Waals surface area contributed by atoms with Crippen LogP contribution in [0.25, 0.3) is 0 Å². The lowest BCUT2D eigenvalue weighted by Gasteiger charge is -2.21. The molecule has 0 aliphatic heterocycles. The molecule has 2 atom stereocenters. The van der Waals surface area contributed by atoms with E-state index in [9.17, 15) is 0 Å². The third kappa shape index (κ3) is 2.44. The number of benzene rings is 1. The van der Waals surface area contributed by atoms with E-state index in [0.29, 0.717) is 0 Å². The minimum atomic E-state index is -2.34. The van der Waals surface area contributed by atoms with Crippen LogP contribution in [0.1, 0.15) is 29.4 Å². The molecule has 0 fully saturated rings. The molecule has 0 saturated carbocycles. The first-order valence-electron chi connectivity index (χ1n) is 5.92. The fourth-order valence-electron chi connectivity index (χ4n) is 1.39. The van der Waals surface area contributed by atoms with Crippen molar-refractivity contribution in [2.24, 2.45) is 0 Å². The van der Waals surface area contributed by atoms with Gasteiger partial charge in [0, 0.05) is 10.0 Å². The summed E-state index contributed by atoms with van der Waals surface area (Å²) >= 11 is 0. The summed E-state index contributed by atoms with van der Waals surface area (Å²) in [5.41, 5.74) is 0.785. The SMILES string of the molecule is [2H]C([2H])([2H])C(=C)[C@@H](OO)[C@H](C)c1ccccc1. The van der Waals surface area contributed by atoms with Gasteiger partial charge in [-0.25, -0.2) is 4.89 Å². The lowest BCUT2D eigenvalue weighted by molar-refractivity contribution is -0.272.